The lowest BCUT2D eigenvalue weighted by atomic mass is 10.0. The maximum Gasteiger partial charge on any atom is 0.243 e. The van der Waals surface area contributed by atoms with Gasteiger partial charge >= 0.3 is 0 Å². The van der Waals surface area contributed by atoms with E-state index in [1.807, 2.05) is 0 Å². The number of guanidine groups is 4. The van der Waals surface area contributed by atoms with Crippen LogP contribution in [0.25, 0.3) is 11.2 Å². The molecule has 0 bridgehead atoms. The third-order valence-electron chi connectivity index (χ3n) is 9.68. The number of nitrogens with zero attached hydrogens (tertiary/aromatic N) is 8. The standard InChI is InChI=1S/C38H68N24O7/c39-29-28-31(56-19-55-29)62(20-57-28)18-27(65)50-17-5-16-49-25(63)10-11-26(64)58-22(7-2-13-52-36(43)44)32(67)60-24(9-4-15-54-38(47)48)34(69)61-23(8-3-14-53-37(45)46)33(68)59-21(30(40)66)6-1-12-51-35(41)42/h19-24H,1-18H2,(H2,40,66)(H,49,63)(H,50,65)(H,58,64)(H,59,68)(H,60,67)(H,61,69)(H2,39,55,56)(H4,41,42,51)(H4,43,44,52)(H4,45,46,53)(H4,47,48,54)/t21-,22-,23-,24-/m0/s1. The maximum absolute atomic E-state index is 14.0. The Morgan fingerprint density at radius 2 is 0.913 bits per heavy atom. The van der Waals surface area contributed by atoms with Gasteiger partial charge < -0.3 is 93.8 Å². The molecule has 26 N–H and O–H groups in total. The number of primary amides is 1. The number of hydrogen-bond donors (Lipinski definition) is 16. The van der Waals surface area contributed by atoms with E-state index in [1.54, 1.807) is 0 Å². The first-order valence-corrected chi connectivity index (χ1v) is 21.9. The molecule has 0 saturated carbocycles. The SMILES string of the molecule is NC(=O)[C@H](CCCN=C(N)N)NC(=O)[C@H](CCCN=C(N)N)NC(=O)[C@H](CCCN=C(N)N)NC(=O)[C@H](CCCN=C(N)N)NC(=O)CCC(=O)NCCCNC(=O)Cn1cnc2c(N)ncnc21. The lowest BCUT2D eigenvalue weighted by Gasteiger charge is -2.26. The minimum atomic E-state index is -1.32. The Morgan fingerprint density at radius 3 is 1.36 bits per heavy atom. The first-order chi connectivity index (χ1) is 32.8. The van der Waals surface area contributed by atoms with Crippen molar-refractivity contribution in [3.05, 3.63) is 12.7 Å². The van der Waals surface area contributed by atoms with E-state index in [0.29, 0.717) is 17.6 Å². The lowest BCUT2D eigenvalue weighted by Crippen LogP contribution is -2.58. The molecule has 0 spiro atoms. The smallest absolute Gasteiger partial charge is 0.243 e. The number of carbonyl (C=O) groups is 7. The van der Waals surface area contributed by atoms with Crippen molar-refractivity contribution in [2.45, 2.75) is 101 Å². The van der Waals surface area contributed by atoms with Gasteiger partial charge in [0.2, 0.25) is 41.4 Å². The Bertz CT molecular complexity index is 2140. The average Bonchev–Trinajstić information content (AvgIpc) is 3.69. The number of nitrogens with one attached hydrogen (secondary N) is 6. The number of nitrogens with two attached hydrogens (primary N) is 10. The summed E-state index contributed by atoms with van der Waals surface area (Å²) in [5.41, 5.74) is 55.6. The van der Waals surface area contributed by atoms with E-state index in [-0.39, 0.29) is 146 Å². The van der Waals surface area contributed by atoms with Crippen LogP contribution in [0.3, 0.4) is 0 Å². The Morgan fingerprint density at radius 1 is 0.507 bits per heavy atom. The fraction of sp³-hybridized carbons (Fsp3) is 0.579. The largest absolute Gasteiger partial charge is 0.382 e. The normalized spacial score (nSPS) is 12.4. The van der Waals surface area contributed by atoms with Crippen molar-refractivity contribution in [1.82, 2.24) is 51.4 Å². The van der Waals surface area contributed by atoms with Gasteiger partial charge in [0, 0.05) is 52.1 Å². The number of aromatic nitrogens is 4. The first-order valence-electron chi connectivity index (χ1n) is 21.9. The van der Waals surface area contributed by atoms with Crippen LogP contribution in [0.4, 0.5) is 5.82 Å². The zero-order valence-electron chi connectivity index (χ0n) is 38.4. The molecule has 31 heteroatoms. The second kappa shape index (κ2) is 30.8. The van der Waals surface area contributed by atoms with E-state index in [2.05, 4.69) is 66.8 Å². The van der Waals surface area contributed by atoms with Gasteiger partial charge in [-0.2, -0.15) is 0 Å². The molecule has 0 aliphatic rings. The molecule has 382 valence electrons. The number of imidazole rings is 1. The van der Waals surface area contributed by atoms with Crippen molar-refractivity contribution in [3.8, 4) is 0 Å². The summed E-state index contributed by atoms with van der Waals surface area (Å²) in [6.07, 6.45) is 3.38. The summed E-state index contributed by atoms with van der Waals surface area (Å²) in [5, 5.41) is 15.8. The summed E-state index contributed by atoms with van der Waals surface area (Å²) in [5.74, 6) is -5.24. The summed E-state index contributed by atoms with van der Waals surface area (Å²) in [4.78, 5) is 120. The van der Waals surface area contributed by atoms with Crippen LogP contribution >= 0.6 is 0 Å². The molecule has 0 fully saturated rings. The van der Waals surface area contributed by atoms with Crippen LogP contribution in [-0.4, -0.2) is 148 Å². The summed E-state index contributed by atoms with van der Waals surface area (Å²) >= 11 is 0. The molecule has 0 radical (unpaired) electrons. The van der Waals surface area contributed by atoms with Crippen LogP contribution in [0.1, 0.15) is 70.6 Å². The molecular formula is C38H68N24O7. The van der Waals surface area contributed by atoms with Crippen molar-refractivity contribution in [3.63, 3.8) is 0 Å². The summed E-state index contributed by atoms with van der Waals surface area (Å²) in [7, 11) is 0. The van der Waals surface area contributed by atoms with Gasteiger partial charge in [-0.1, -0.05) is 0 Å². The minimum Gasteiger partial charge on any atom is -0.382 e. The second-order valence-electron chi connectivity index (χ2n) is 15.4. The first kappa shape index (κ1) is 56.8. The number of fused-ring (bicyclic) bond motifs is 1. The summed E-state index contributed by atoms with van der Waals surface area (Å²) in [6, 6.07) is -5.01. The molecule has 0 aliphatic carbocycles. The van der Waals surface area contributed by atoms with Crippen LogP contribution in [0.15, 0.2) is 32.6 Å². The topological polar surface area (TPSA) is 545 Å². The Balaban J connectivity index is 2.12. The molecule has 2 aromatic heterocycles. The number of aliphatic imine (C=N–C) groups is 4. The second-order valence-corrected chi connectivity index (χ2v) is 15.4. The number of anilines is 1. The quantitative estimate of drug-likeness (QED) is 0.0179. The Kier molecular flexibility index (Phi) is 25.4. The predicted molar refractivity (Wildman–Crippen MR) is 256 cm³/mol. The van der Waals surface area contributed by atoms with Crippen molar-refractivity contribution >= 4 is 82.2 Å². The van der Waals surface area contributed by atoms with Gasteiger partial charge in [0.15, 0.2) is 35.3 Å². The molecule has 0 unspecified atom stereocenters. The van der Waals surface area contributed by atoms with Gasteiger partial charge in [-0.05, 0) is 57.8 Å². The highest BCUT2D eigenvalue weighted by molar-refractivity contribution is 5.95. The number of nitrogen functional groups attached to an aromatic ring is 1. The lowest BCUT2D eigenvalue weighted by molar-refractivity contribution is -0.134. The fourth-order valence-electron chi connectivity index (χ4n) is 6.27. The zero-order valence-corrected chi connectivity index (χ0v) is 38.4. The van der Waals surface area contributed by atoms with Crippen LogP contribution in [0.2, 0.25) is 0 Å². The molecule has 2 aromatic rings. The van der Waals surface area contributed by atoms with Crippen molar-refractivity contribution < 1.29 is 33.6 Å². The number of amides is 7. The van der Waals surface area contributed by atoms with E-state index >= 15 is 0 Å². The molecule has 69 heavy (non-hydrogen) atoms. The van der Waals surface area contributed by atoms with Gasteiger partial charge in [0.25, 0.3) is 0 Å². The van der Waals surface area contributed by atoms with Crippen LogP contribution in [0, 0.1) is 0 Å². The van der Waals surface area contributed by atoms with E-state index in [9.17, 15) is 33.6 Å². The van der Waals surface area contributed by atoms with Crippen LogP contribution in [0.5, 0.6) is 0 Å². The molecular weight excluding hydrogens is 905 g/mol. The Labute approximate surface area is 397 Å². The molecule has 0 aliphatic heterocycles. The highest BCUT2D eigenvalue weighted by Crippen LogP contribution is 2.14. The predicted octanol–water partition coefficient (Wildman–Crippen LogP) is -7.55. The third-order valence-corrected chi connectivity index (χ3v) is 9.68. The molecule has 7 amide bonds. The van der Waals surface area contributed by atoms with Gasteiger partial charge in [0.05, 0.1) is 6.33 Å². The van der Waals surface area contributed by atoms with Crippen LogP contribution in [-0.2, 0) is 40.1 Å². The van der Waals surface area contributed by atoms with Gasteiger partial charge in [-0.15, -0.1) is 0 Å². The Hall–Kier alpha value is -8.28. The van der Waals surface area contributed by atoms with E-state index in [4.69, 9.17) is 57.3 Å². The van der Waals surface area contributed by atoms with Crippen molar-refractivity contribution in [1.29, 1.82) is 0 Å². The summed E-state index contributed by atoms with van der Waals surface area (Å²) < 4.78 is 1.52. The third kappa shape index (κ3) is 23.7. The highest BCUT2D eigenvalue weighted by atomic mass is 16.2. The molecule has 0 saturated heterocycles. The number of rotatable bonds is 33. The van der Waals surface area contributed by atoms with Crippen molar-refractivity contribution in [2.24, 2.45) is 71.6 Å². The highest BCUT2D eigenvalue weighted by Gasteiger charge is 2.31. The maximum atomic E-state index is 14.0. The monoisotopic (exact) mass is 973 g/mol. The zero-order chi connectivity index (χ0) is 51.3. The minimum absolute atomic E-state index is 0.000961. The number of hydrogen-bond acceptors (Lipinski definition) is 15. The van der Waals surface area contributed by atoms with Crippen molar-refractivity contribution in [2.75, 3.05) is 45.0 Å². The molecule has 2 rings (SSSR count). The van der Waals surface area contributed by atoms with Gasteiger partial charge in [-0.25, -0.2) is 15.0 Å². The van der Waals surface area contributed by atoms with E-state index in [0.717, 1.165) is 0 Å². The average molecular weight is 973 g/mol. The van der Waals surface area contributed by atoms with Gasteiger partial charge in [0.1, 0.15) is 42.6 Å². The number of carbonyl (C=O) groups excluding carboxylic acids is 7. The van der Waals surface area contributed by atoms with E-state index < -0.39 is 59.6 Å². The molecule has 31 nitrogen and oxygen atoms in total. The van der Waals surface area contributed by atoms with Crippen LogP contribution < -0.4 is 89.2 Å². The molecule has 0 aromatic carbocycles. The van der Waals surface area contributed by atoms with Gasteiger partial charge in [-0.3, -0.25) is 53.5 Å². The van der Waals surface area contributed by atoms with E-state index in [1.165, 1.54) is 17.2 Å². The fourth-order valence-corrected chi connectivity index (χ4v) is 6.27. The molecule has 2 heterocycles. The molecule has 4 atom stereocenters. The summed E-state index contributed by atoms with van der Waals surface area (Å²) in [6.45, 7) is 0.749.